The molecule has 2 unspecified atom stereocenters. The molecule has 22 heteroatoms. The maximum absolute atomic E-state index is 12.7. The Bertz CT molecular complexity index is 3240. The second-order valence-electron chi connectivity index (χ2n) is 44.4. The summed E-state index contributed by atoms with van der Waals surface area (Å²) in [5.41, 5.74) is -1.57. The van der Waals surface area contributed by atoms with Gasteiger partial charge in [-0.2, -0.15) is 9.59 Å². The molecule has 17 rings (SSSR count). The molecular weight excluding hydrogens is 1490 g/mol. The Morgan fingerprint density at radius 3 is 1.23 bits per heavy atom. The monoisotopic (exact) mass is 1650 g/mol. The zero-order valence-corrected chi connectivity index (χ0v) is 77.6. The molecule has 0 aromatic heterocycles. The third kappa shape index (κ3) is 16.3. The van der Waals surface area contributed by atoms with Crippen LogP contribution in [-0.4, -0.2) is 283 Å². The first-order valence-corrected chi connectivity index (χ1v) is 45.7. The van der Waals surface area contributed by atoms with Crippen molar-refractivity contribution in [2.75, 3.05) is 118 Å². The first kappa shape index (κ1) is 95.4. The molecule has 10 saturated carbocycles. The minimum absolute atomic E-state index is 0. The molecule has 7 aliphatic heterocycles. The van der Waals surface area contributed by atoms with Crippen LogP contribution in [0.5, 0.6) is 0 Å². The van der Waals surface area contributed by atoms with E-state index in [-0.39, 0.29) is 131 Å². The molecule has 0 aromatic carbocycles. The van der Waals surface area contributed by atoms with E-state index < -0.39 is 41.2 Å². The van der Waals surface area contributed by atoms with Crippen LogP contribution >= 0.6 is 0 Å². The van der Waals surface area contributed by atoms with Crippen LogP contribution in [0.2, 0.25) is 0 Å². The van der Waals surface area contributed by atoms with Crippen LogP contribution in [-0.2, 0) is 52.2 Å². The van der Waals surface area contributed by atoms with E-state index >= 15 is 0 Å². The topological polar surface area (TPSA) is 231 Å². The van der Waals surface area contributed by atoms with Crippen LogP contribution in [0.25, 0.3) is 0 Å². The number of likely N-dealkylation sites (tertiary alicyclic amines) is 2. The standard InChI is InChI=1S/C44H76N2O7.C43H74N2O6.C4H8O.CO2.CH3.ClH.Mg/c1-11-50-37(40(7,8)49)29-20-27(2)34-35(52-29)36(47)42(10)31-13-12-30-39(5,6)32(14-15-43(30)25-44(31,43)17-16-41(34,42)9)53-33-24-45(18-19-51-33)21-28-22-46(23-28)26-38(3,4)48;1-10-18-44-22-28(23-44)24-45-19-20-49-33(25-45)51-32-14-15-42-26-43(42)17-16-40(8)34-27(3)21-29(37(48-11-2)39(6,7)47)50-35(34)36(46)41(40,9)31(43)13-12-30(42)38(32,4)5;1-2-4-5-3-1;2-1-3;;;/h27-37,47-49H,11-26H2,1-10H3;27-37,46-47H,10-26H2,1-9H3;1-4H2;;1H3;1H;/q;;;;-1;;+2/p-1/t27-,29-,30+,31+,32+,33+,34+,35+,36+,37+,41-,42-,43?,44+;27-,29-,30+,31+,32+,33+,34+,35+,36+,37+,40-,41-,42?,43+;;;;;/m11...../s1. The fourth-order valence-corrected chi connectivity index (χ4v) is 31.6. The molecule has 7 saturated heterocycles. The number of β-amino-alcohol motifs (C(OH)–C–C–N with tert-alkyl or cyclic N) is 1. The Balaban J connectivity index is 0.000000202. The van der Waals surface area contributed by atoms with Gasteiger partial charge < -0.3 is 92.9 Å². The van der Waals surface area contributed by atoms with Crippen molar-refractivity contribution in [3.05, 3.63) is 7.43 Å². The number of ether oxygens (including phenoxy) is 9. The quantitative estimate of drug-likeness (QED) is 0.0564. The van der Waals surface area contributed by atoms with E-state index in [2.05, 4.69) is 95.8 Å². The summed E-state index contributed by atoms with van der Waals surface area (Å²) in [4.78, 5) is 26.4. The molecule has 115 heavy (non-hydrogen) atoms. The number of hydrogen-bond acceptors (Lipinski definition) is 20. The summed E-state index contributed by atoms with van der Waals surface area (Å²) in [6.45, 7) is 59.4. The van der Waals surface area contributed by atoms with E-state index in [0.29, 0.717) is 88.1 Å². The van der Waals surface area contributed by atoms with Crippen LogP contribution in [0, 0.1) is 121 Å². The van der Waals surface area contributed by atoms with Crippen molar-refractivity contribution in [2.24, 2.45) is 113 Å². The molecule has 5 N–H and O–H groups in total. The molecule has 0 aromatic rings. The van der Waals surface area contributed by atoms with Gasteiger partial charge in [0.05, 0.1) is 78.8 Å². The van der Waals surface area contributed by atoms with Gasteiger partial charge in [0.25, 0.3) is 0 Å². The molecule has 0 radical (unpaired) electrons. The number of hydrogen-bond donors (Lipinski definition) is 5. The van der Waals surface area contributed by atoms with Crippen LogP contribution in [0.1, 0.15) is 254 Å². The van der Waals surface area contributed by atoms with E-state index in [0.717, 1.165) is 117 Å². The Kier molecular flexibility index (Phi) is 29.2. The Morgan fingerprint density at radius 2 is 0.887 bits per heavy atom. The maximum Gasteiger partial charge on any atom is 2.00 e. The van der Waals surface area contributed by atoms with E-state index in [1.807, 2.05) is 55.4 Å². The summed E-state index contributed by atoms with van der Waals surface area (Å²) in [6.07, 6.45) is 20.2. The Labute approximate surface area is 717 Å². The first-order valence-electron chi connectivity index (χ1n) is 45.7. The number of halogens is 1. The zero-order valence-electron chi connectivity index (χ0n) is 75.5. The van der Waals surface area contributed by atoms with Crippen molar-refractivity contribution >= 4 is 29.2 Å². The average molecular weight is 1650 g/mol. The van der Waals surface area contributed by atoms with Gasteiger partial charge in [-0.15, -0.1) is 0 Å². The second-order valence-corrected chi connectivity index (χ2v) is 44.4. The number of aliphatic hydroxyl groups is 5. The molecule has 28 atom stereocenters. The predicted octanol–water partition coefficient (Wildman–Crippen LogP) is 9.37. The average Bonchev–Trinajstić information content (AvgIpc) is 1.46. The minimum Gasteiger partial charge on any atom is -1.00 e. The third-order valence-electron chi connectivity index (χ3n) is 36.2. The number of carbonyl (C=O) groups excluding carboxylic acids is 2. The molecule has 17 fully saturated rings. The van der Waals surface area contributed by atoms with Gasteiger partial charge in [-0.05, 0) is 286 Å². The van der Waals surface area contributed by atoms with Crippen LogP contribution in [0.3, 0.4) is 0 Å². The summed E-state index contributed by atoms with van der Waals surface area (Å²) < 4.78 is 57.9. The van der Waals surface area contributed by atoms with Gasteiger partial charge in [0.1, 0.15) is 12.2 Å². The summed E-state index contributed by atoms with van der Waals surface area (Å²) >= 11 is 0. The second kappa shape index (κ2) is 35.2. The molecule has 7 heterocycles. The van der Waals surface area contributed by atoms with Crippen molar-refractivity contribution in [2.45, 2.75) is 344 Å². The Morgan fingerprint density at radius 1 is 0.513 bits per heavy atom. The van der Waals surface area contributed by atoms with Crippen molar-refractivity contribution in [1.82, 2.24) is 19.6 Å². The van der Waals surface area contributed by atoms with E-state index in [1.165, 1.54) is 116 Å². The fraction of sp³-hybridized carbons (Fsp3) is 0.978. The molecule has 0 bridgehead atoms. The van der Waals surface area contributed by atoms with Gasteiger partial charge in [-0.25, -0.2) is 0 Å². The van der Waals surface area contributed by atoms with Gasteiger partial charge in [0, 0.05) is 109 Å². The van der Waals surface area contributed by atoms with Crippen LogP contribution in [0.4, 0.5) is 0 Å². The smallest absolute Gasteiger partial charge is 1.00 e. The molecule has 10 aliphatic carbocycles. The fourth-order valence-electron chi connectivity index (χ4n) is 31.6. The molecule has 4 spiro atoms. The zero-order chi connectivity index (χ0) is 80.7. The van der Waals surface area contributed by atoms with Gasteiger partial charge >= 0.3 is 29.2 Å². The van der Waals surface area contributed by atoms with Crippen LogP contribution in [0.15, 0.2) is 0 Å². The van der Waals surface area contributed by atoms with E-state index in [9.17, 15) is 25.5 Å². The maximum atomic E-state index is 12.7. The van der Waals surface area contributed by atoms with Gasteiger partial charge in [0.15, 0.2) is 12.6 Å². The normalized spacial score (nSPS) is 46.1. The molecule has 658 valence electrons. The third-order valence-corrected chi connectivity index (χ3v) is 36.2. The first-order chi connectivity index (χ1) is 52.7. The van der Waals surface area contributed by atoms with Crippen molar-refractivity contribution in [3.63, 3.8) is 0 Å². The summed E-state index contributed by atoms with van der Waals surface area (Å²) in [5.74, 6) is 5.11. The van der Waals surface area contributed by atoms with Crippen molar-refractivity contribution in [1.29, 1.82) is 0 Å². The number of aliphatic hydroxyl groups excluding tert-OH is 2. The SMILES string of the molecule is C1CCOC1.CCCN1CC(CN2CCO[C@@H](O[C@H]3CCC45C[C@]46CC[C@]4(C)[C@@H]7[C@H](O[C@@H]([C@H](OCC)C(C)(C)O)C[C@H]7C)[C@H](O)[C@@]4(C)[C@@H]6CC[C@H]5C3(C)C)C2)C1.CCO[C@@H]([C@H]1C[C@@H](C)[C@H]2[C@H](O1)[C@H](O)[C@@]1(C)[C@@H]3CC[C@H]4C(C)(C)[C@@H](O[C@H]5CN(CC6CN(CC(C)(C)O)C6)CCO5)CCC45C[C@@]35CC[C@]21C)C(C)(C)O.O=C=O.[CH3-].[Cl-].[Mg+2]. The number of morpholine rings is 2. The number of rotatable bonds is 20. The number of fused-ring (bicyclic) bond motifs is 8. The van der Waals surface area contributed by atoms with Gasteiger partial charge in [0.2, 0.25) is 0 Å². The van der Waals surface area contributed by atoms with Crippen molar-refractivity contribution < 1.29 is 90.2 Å². The summed E-state index contributed by atoms with van der Waals surface area (Å²) in [7, 11) is 0. The largest absolute Gasteiger partial charge is 2.00 e. The predicted molar refractivity (Wildman–Crippen MR) is 441 cm³/mol. The van der Waals surface area contributed by atoms with Crippen LogP contribution < -0.4 is 12.4 Å². The minimum atomic E-state index is -1.02. The molecule has 20 nitrogen and oxygen atoms in total. The Hall–Kier alpha value is -0.284. The van der Waals surface area contributed by atoms with Gasteiger partial charge in [-0.3, -0.25) is 14.7 Å². The molecule has 17 aliphatic rings. The summed E-state index contributed by atoms with van der Waals surface area (Å²) in [6, 6.07) is 0. The summed E-state index contributed by atoms with van der Waals surface area (Å²) in [5, 5.41) is 57.7. The van der Waals surface area contributed by atoms with E-state index in [4.69, 9.17) is 52.2 Å². The van der Waals surface area contributed by atoms with Gasteiger partial charge in [-0.1, -0.05) is 76.2 Å². The molecular formula is C93H161ClMgN4O16. The van der Waals surface area contributed by atoms with Crippen molar-refractivity contribution in [3.8, 4) is 0 Å². The number of nitrogens with zero attached hydrogens (tertiary/aromatic N) is 4. The molecule has 0 amide bonds. The van der Waals surface area contributed by atoms with E-state index in [1.54, 1.807) is 0 Å².